The third kappa shape index (κ3) is 1.80. The van der Waals surface area contributed by atoms with Gasteiger partial charge in [0.15, 0.2) is 0 Å². The van der Waals surface area contributed by atoms with Crippen molar-refractivity contribution in [1.29, 1.82) is 0 Å². The molecule has 3 aliphatic carbocycles. The zero-order valence-electron chi connectivity index (χ0n) is 8.88. The summed E-state index contributed by atoms with van der Waals surface area (Å²) in [5.74, 6) is 5.02. The molecule has 4 atom stereocenters. The number of hydrogen-bond donors (Lipinski definition) is 0. The summed E-state index contributed by atoms with van der Waals surface area (Å²) in [6.07, 6.45) is 12.5. The lowest BCUT2D eigenvalue weighted by molar-refractivity contribution is 0.398. The molecule has 2 bridgehead atoms. The number of allylic oxidation sites excluding steroid dienone is 4. The van der Waals surface area contributed by atoms with Crippen LogP contribution >= 0.6 is 11.8 Å². The summed E-state index contributed by atoms with van der Waals surface area (Å²) in [7, 11) is 0. The van der Waals surface area contributed by atoms with Crippen LogP contribution in [0, 0.1) is 23.7 Å². The molecule has 0 radical (unpaired) electrons. The Morgan fingerprint density at radius 3 is 2.73 bits per heavy atom. The van der Waals surface area contributed by atoms with Gasteiger partial charge in [0.1, 0.15) is 0 Å². The Labute approximate surface area is 95.7 Å². The van der Waals surface area contributed by atoms with Gasteiger partial charge in [0, 0.05) is 12.3 Å². The fourth-order valence-electron chi connectivity index (χ4n) is 3.24. The van der Waals surface area contributed by atoms with Crippen LogP contribution in [0.4, 0.5) is 0 Å². The van der Waals surface area contributed by atoms with Crippen LogP contribution in [-0.2, 0) is 0 Å². The van der Waals surface area contributed by atoms with Crippen LogP contribution in [0.15, 0.2) is 29.3 Å². The van der Waals surface area contributed by atoms with Gasteiger partial charge < -0.3 is 0 Å². The predicted molar refractivity (Wildman–Crippen MR) is 67.3 cm³/mol. The molecule has 0 saturated heterocycles. The van der Waals surface area contributed by atoms with E-state index < -0.39 is 0 Å². The second kappa shape index (κ2) is 4.17. The van der Waals surface area contributed by atoms with E-state index in [0.29, 0.717) is 0 Å². The van der Waals surface area contributed by atoms with Crippen LogP contribution in [0.5, 0.6) is 0 Å². The molecule has 1 saturated carbocycles. The highest BCUT2D eigenvalue weighted by Gasteiger charge is 2.44. The van der Waals surface area contributed by atoms with Crippen LogP contribution in [-0.4, -0.2) is 17.8 Å². The lowest BCUT2D eigenvalue weighted by Crippen LogP contribution is -2.12. The number of nitrogens with zero attached hydrogens (tertiary/aromatic N) is 1. The Morgan fingerprint density at radius 2 is 2.07 bits per heavy atom. The molecule has 0 spiro atoms. The van der Waals surface area contributed by atoms with Crippen molar-refractivity contribution < 1.29 is 0 Å². The van der Waals surface area contributed by atoms with Gasteiger partial charge in [-0.05, 0) is 36.5 Å². The van der Waals surface area contributed by atoms with Crippen LogP contribution in [0.1, 0.15) is 12.8 Å². The normalized spacial score (nSPS) is 43.2. The van der Waals surface area contributed by atoms with Gasteiger partial charge in [-0.1, -0.05) is 24.3 Å². The molecule has 15 heavy (non-hydrogen) atoms. The zero-order chi connectivity index (χ0) is 10.1. The Kier molecular flexibility index (Phi) is 2.70. The summed E-state index contributed by atoms with van der Waals surface area (Å²) >= 11 is 1.78. The van der Waals surface area contributed by atoms with E-state index in [2.05, 4.69) is 29.3 Å². The van der Waals surface area contributed by atoms with Crippen molar-refractivity contribution in [2.24, 2.45) is 28.7 Å². The van der Waals surface area contributed by atoms with Gasteiger partial charge in [-0.25, -0.2) is 0 Å². The fourth-order valence-corrected chi connectivity index (χ4v) is 3.76. The van der Waals surface area contributed by atoms with Gasteiger partial charge in [-0.3, -0.25) is 4.99 Å². The minimum atomic E-state index is 0.925. The first-order chi connectivity index (χ1) is 7.45. The summed E-state index contributed by atoms with van der Waals surface area (Å²) in [4.78, 5) is 3.92. The van der Waals surface area contributed by atoms with Crippen molar-refractivity contribution in [3.05, 3.63) is 24.3 Å². The van der Waals surface area contributed by atoms with E-state index in [1.165, 1.54) is 18.6 Å². The highest BCUT2D eigenvalue weighted by Crippen LogP contribution is 2.52. The number of thioether (sulfide) groups is 1. The third-order valence-corrected chi connectivity index (χ3v) is 4.66. The molecule has 0 aromatic heterocycles. The molecule has 2 heteroatoms. The molecule has 1 fully saturated rings. The Hall–Kier alpha value is -0.500. The van der Waals surface area contributed by atoms with E-state index in [9.17, 15) is 0 Å². The van der Waals surface area contributed by atoms with E-state index in [1.54, 1.807) is 11.8 Å². The SMILES string of the molecule is C1=CC2C3C=CC(C3)C2C1.C1=NCCS1. The average Bonchev–Trinajstić information content (AvgIpc) is 3.06. The topological polar surface area (TPSA) is 12.4 Å². The molecule has 1 nitrogen and oxygen atoms in total. The first-order valence-electron chi connectivity index (χ1n) is 5.90. The van der Waals surface area contributed by atoms with Crippen LogP contribution in [0.3, 0.4) is 0 Å². The standard InChI is InChI=1S/C10H12.C3H5NS/c1-2-9-7-4-5-8(6-7)10(9)3-1;1-2-5-3-4-1/h1-2,4-5,7-10H,3,6H2;3H,1-2H2. The summed E-state index contributed by atoms with van der Waals surface area (Å²) < 4.78 is 0. The monoisotopic (exact) mass is 219 g/mol. The highest BCUT2D eigenvalue weighted by atomic mass is 32.2. The van der Waals surface area contributed by atoms with E-state index in [1.807, 2.05) is 5.55 Å². The minimum absolute atomic E-state index is 0.925. The van der Waals surface area contributed by atoms with Crippen molar-refractivity contribution in [3.63, 3.8) is 0 Å². The minimum Gasteiger partial charge on any atom is -0.285 e. The summed E-state index contributed by atoms with van der Waals surface area (Å²) in [6, 6.07) is 0. The third-order valence-electron chi connectivity index (χ3n) is 3.94. The lowest BCUT2D eigenvalue weighted by Gasteiger charge is -2.18. The van der Waals surface area contributed by atoms with Crippen LogP contribution < -0.4 is 0 Å². The van der Waals surface area contributed by atoms with Crippen molar-refractivity contribution in [3.8, 4) is 0 Å². The number of hydrogen-bond acceptors (Lipinski definition) is 2. The summed E-state index contributed by atoms with van der Waals surface area (Å²) in [5, 5.41) is 0. The maximum Gasteiger partial charge on any atom is 0.0542 e. The van der Waals surface area contributed by atoms with Gasteiger partial charge in [0.05, 0.1) is 5.55 Å². The Bertz CT molecular complexity index is 312. The molecule has 1 heterocycles. The molecule has 4 rings (SSSR count). The molecule has 1 aliphatic heterocycles. The first-order valence-corrected chi connectivity index (χ1v) is 6.95. The summed E-state index contributed by atoms with van der Waals surface area (Å²) in [5.41, 5.74) is 1.90. The van der Waals surface area contributed by atoms with Gasteiger partial charge in [0.25, 0.3) is 0 Å². The fraction of sp³-hybridized carbons (Fsp3) is 0.615. The van der Waals surface area contributed by atoms with Crippen LogP contribution in [0.25, 0.3) is 0 Å². The smallest absolute Gasteiger partial charge is 0.0542 e. The van der Waals surface area contributed by atoms with E-state index in [-0.39, 0.29) is 0 Å². The van der Waals surface area contributed by atoms with Crippen molar-refractivity contribution in [1.82, 2.24) is 0 Å². The molecule has 0 amide bonds. The molecule has 0 N–H and O–H groups in total. The second-order valence-corrected chi connectivity index (χ2v) is 5.69. The van der Waals surface area contributed by atoms with Crippen LogP contribution in [0.2, 0.25) is 0 Å². The maximum atomic E-state index is 3.92. The molecule has 4 unspecified atom stereocenters. The largest absolute Gasteiger partial charge is 0.285 e. The number of rotatable bonds is 0. The second-order valence-electron chi connectivity index (χ2n) is 4.74. The van der Waals surface area contributed by atoms with E-state index >= 15 is 0 Å². The lowest BCUT2D eigenvalue weighted by atomic mass is 9.86. The van der Waals surface area contributed by atoms with Crippen molar-refractivity contribution in [2.75, 3.05) is 12.3 Å². The zero-order valence-corrected chi connectivity index (χ0v) is 9.70. The Morgan fingerprint density at radius 1 is 1.13 bits per heavy atom. The molecular weight excluding hydrogens is 202 g/mol. The van der Waals surface area contributed by atoms with Crippen molar-refractivity contribution in [2.45, 2.75) is 12.8 Å². The molecule has 4 aliphatic rings. The average molecular weight is 219 g/mol. The predicted octanol–water partition coefficient (Wildman–Crippen LogP) is 3.15. The van der Waals surface area contributed by atoms with E-state index in [4.69, 9.17) is 0 Å². The Balaban J connectivity index is 0.000000123. The molecule has 0 aromatic rings. The van der Waals surface area contributed by atoms with Gasteiger partial charge in [-0.15, -0.1) is 11.8 Å². The summed E-state index contributed by atoms with van der Waals surface area (Å²) in [6.45, 7) is 1.03. The maximum absolute atomic E-state index is 3.92. The highest BCUT2D eigenvalue weighted by molar-refractivity contribution is 8.12. The van der Waals surface area contributed by atoms with Crippen molar-refractivity contribution >= 4 is 17.3 Å². The molecule has 0 aromatic carbocycles. The van der Waals surface area contributed by atoms with Gasteiger partial charge in [0.2, 0.25) is 0 Å². The number of fused-ring (bicyclic) bond motifs is 5. The quantitative estimate of drug-likeness (QED) is 0.570. The first kappa shape index (κ1) is 9.71. The van der Waals surface area contributed by atoms with Gasteiger partial charge in [-0.2, -0.15) is 0 Å². The number of aliphatic imine (C=N–C) groups is 1. The molecular formula is C13H17NS. The van der Waals surface area contributed by atoms with Gasteiger partial charge >= 0.3 is 0 Å². The van der Waals surface area contributed by atoms with E-state index in [0.717, 1.165) is 30.2 Å². The molecule has 80 valence electrons.